The Bertz CT molecular complexity index is 575. The van der Waals surface area contributed by atoms with Gasteiger partial charge in [0, 0.05) is 20.1 Å². The molecule has 7 heteroatoms. The van der Waals surface area contributed by atoms with Crippen LogP contribution >= 0.6 is 0 Å². The number of carboxylic acids is 1. The number of hydrogen-bond acceptors (Lipinski definition) is 5. The zero-order valence-electron chi connectivity index (χ0n) is 17.2. The SMILES string of the molecule is CCCCCCCN(CCOc1ccc(CC(OC)C(=O)O)cc1)C(=O)OC. The van der Waals surface area contributed by atoms with Gasteiger partial charge >= 0.3 is 12.1 Å². The fourth-order valence-electron chi connectivity index (χ4n) is 2.81. The highest BCUT2D eigenvalue weighted by molar-refractivity contribution is 5.72. The van der Waals surface area contributed by atoms with E-state index in [-0.39, 0.29) is 6.09 Å². The van der Waals surface area contributed by atoms with Crippen molar-refractivity contribution in [1.29, 1.82) is 0 Å². The Balaban J connectivity index is 2.43. The van der Waals surface area contributed by atoms with Crippen LogP contribution in [0.1, 0.15) is 44.6 Å². The van der Waals surface area contributed by atoms with Gasteiger partial charge in [-0.25, -0.2) is 9.59 Å². The van der Waals surface area contributed by atoms with E-state index in [1.54, 1.807) is 17.0 Å². The van der Waals surface area contributed by atoms with E-state index in [4.69, 9.17) is 19.3 Å². The Kier molecular flexibility index (Phi) is 11.7. The van der Waals surface area contributed by atoms with E-state index in [1.807, 2.05) is 12.1 Å². The molecule has 0 bridgehead atoms. The molecule has 0 saturated heterocycles. The first kappa shape index (κ1) is 23.8. The molecule has 0 fully saturated rings. The first-order chi connectivity index (χ1) is 13.5. The number of carbonyl (C=O) groups is 2. The van der Waals surface area contributed by atoms with Crippen LogP contribution in [-0.2, 0) is 20.7 Å². The molecule has 0 aliphatic carbocycles. The molecule has 0 heterocycles. The van der Waals surface area contributed by atoms with Crippen molar-refractivity contribution >= 4 is 12.1 Å². The second-order valence-corrected chi connectivity index (χ2v) is 6.63. The summed E-state index contributed by atoms with van der Waals surface area (Å²) in [6.07, 6.45) is 4.73. The summed E-state index contributed by atoms with van der Waals surface area (Å²) in [6, 6.07) is 7.21. The van der Waals surface area contributed by atoms with E-state index < -0.39 is 12.1 Å². The molecule has 1 amide bonds. The Morgan fingerprint density at radius 1 is 1.04 bits per heavy atom. The standard InChI is InChI=1S/C21H33NO6/c1-4-5-6-7-8-13-22(21(25)27-3)14-15-28-18-11-9-17(10-12-18)16-19(26-2)20(23)24/h9-12,19H,4-8,13-16H2,1-3H3,(H,23,24). The zero-order valence-corrected chi connectivity index (χ0v) is 17.2. The van der Waals surface area contributed by atoms with E-state index in [1.165, 1.54) is 33.5 Å². The van der Waals surface area contributed by atoms with Crippen LogP contribution in [-0.4, -0.2) is 62.1 Å². The van der Waals surface area contributed by atoms with E-state index in [2.05, 4.69) is 6.92 Å². The lowest BCUT2D eigenvalue weighted by atomic mass is 10.1. The smallest absolute Gasteiger partial charge is 0.409 e. The molecule has 1 N–H and O–H groups in total. The molecule has 0 aliphatic rings. The fourth-order valence-corrected chi connectivity index (χ4v) is 2.81. The highest BCUT2D eigenvalue weighted by atomic mass is 16.5. The van der Waals surface area contributed by atoms with E-state index in [9.17, 15) is 9.59 Å². The second kappa shape index (κ2) is 13.8. The third kappa shape index (κ3) is 9.08. The number of carboxylic acid groups (broad SMARTS) is 1. The summed E-state index contributed by atoms with van der Waals surface area (Å²) in [5, 5.41) is 9.03. The van der Waals surface area contributed by atoms with Gasteiger partial charge in [-0.2, -0.15) is 0 Å². The minimum absolute atomic E-state index is 0.292. The number of hydrogen-bond donors (Lipinski definition) is 1. The van der Waals surface area contributed by atoms with Crippen LogP contribution in [0.5, 0.6) is 5.75 Å². The van der Waals surface area contributed by atoms with Crippen molar-refractivity contribution in [2.75, 3.05) is 33.9 Å². The molecule has 0 radical (unpaired) electrons. The summed E-state index contributed by atoms with van der Waals surface area (Å²) in [6.45, 7) is 3.64. The Hall–Kier alpha value is -2.28. The van der Waals surface area contributed by atoms with Crippen molar-refractivity contribution in [2.45, 2.75) is 51.6 Å². The summed E-state index contributed by atoms with van der Waals surface area (Å²) < 4.78 is 15.5. The topological polar surface area (TPSA) is 85.3 Å². The van der Waals surface area contributed by atoms with E-state index in [0.29, 0.717) is 31.9 Å². The van der Waals surface area contributed by atoms with Gasteiger partial charge in [-0.15, -0.1) is 0 Å². The minimum atomic E-state index is -0.986. The van der Waals surface area contributed by atoms with Crippen molar-refractivity contribution < 1.29 is 28.9 Å². The van der Waals surface area contributed by atoms with Gasteiger partial charge in [-0.3, -0.25) is 0 Å². The molecule has 7 nitrogen and oxygen atoms in total. The van der Waals surface area contributed by atoms with Crippen LogP contribution in [0.25, 0.3) is 0 Å². The second-order valence-electron chi connectivity index (χ2n) is 6.63. The van der Waals surface area contributed by atoms with Crippen molar-refractivity contribution in [1.82, 2.24) is 4.90 Å². The normalized spacial score (nSPS) is 11.7. The van der Waals surface area contributed by atoms with Gasteiger partial charge in [0.15, 0.2) is 6.10 Å². The summed E-state index contributed by atoms with van der Waals surface area (Å²) in [5.41, 5.74) is 0.852. The molecule has 0 spiro atoms. The first-order valence-corrected chi connectivity index (χ1v) is 9.82. The molecule has 28 heavy (non-hydrogen) atoms. The fraction of sp³-hybridized carbons (Fsp3) is 0.619. The Morgan fingerprint density at radius 3 is 2.29 bits per heavy atom. The molecule has 1 rings (SSSR count). The van der Waals surface area contributed by atoms with Crippen LogP contribution in [0.15, 0.2) is 24.3 Å². The molecule has 0 aliphatic heterocycles. The van der Waals surface area contributed by atoms with Gasteiger partial charge in [0.05, 0.1) is 13.7 Å². The monoisotopic (exact) mass is 395 g/mol. The minimum Gasteiger partial charge on any atom is -0.492 e. The highest BCUT2D eigenvalue weighted by Gasteiger charge is 2.17. The quantitative estimate of drug-likeness (QED) is 0.483. The van der Waals surface area contributed by atoms with Gasteiger partial charge in [-0.05, 0) is 24.1 Å². The van der Waals surface area contributed by atoms with Crippen LogP contribution in [0.3, 0.4) is 0 Å². The largest absolute Gasteiger partial charge is 0.492 e. The maximum atomic E-state index is 11.9. The molecule has 0 saturated carbocycles. The molecule has 1 unspecified atom stereocenters. The first-order valence-electron chi connectivity index (χ1n) is 9.82. The molecule has 1 atom stereocenters. The van der Waals surface area contributed by atoms with Gasteiger partial charge in [0.1, 0.15) is 12.4 Å². The Labute approximate surface area is 167 Å². The average Bonchev–Trinajstić information content (AvgIpc) is 2.70. The van der Waals surface area contributed by atoms with Crippen LogP contribution < -0.4 is 4.74 Å². The number of aliphatic carboxylic acids is 1. The Morgan fingerprint density at radius 2 is 1.71 bits per heavy atom. The lowest BCUT2D eigenvalue weighted by Crippen LogP contribution is -2.35. The lowest BCUT2D eigenvalue weighted by Gasteiger charge is -2.21. The molecular formula is C21H33NO6. The van der Waals surface area contributed by atoms with Crippen molar-refractivity contribution in [3.8, 4) is 5.75 Å². The van der Waals surface area contributed by atoms with Gasteiger partial charge in [0.2, 0.25) is 0 Å². The lowest BCUT2D eigenvalue weighted by molar-refractivity contribution is -0.148. The predicted molar refractivity (Wildman–Crippen MR) is 107 cm³/mol. The summed E-state index contributed by atoms with van der Waals surface area (Å²) >= 11 is 0. The van der Waals surface area contributed by atoms with Crippen molar-refractivity contribution in [2.24, 2.45) is 0 Å². The van der Waals surface area contributed by atoms with Crippen LogP contribution in [0.2, 0.25) is 0 Å². The molecule has 158 valence electrons. The van der Waals surface area contributed by atoms with Gasteiger partial charge in [-0.1, -0.05) is 44.7 Å². The number of nitrogens with zero attached hydrogens (tertiary/aromatic N) is 1. The van der Waals surface area contributed by atoms with Gasteiger partial charge < -0.3 is 24.2 Å². The third-order valence-corrected chi connectivity index (χ3v) is 4.50. The summed E-state index contributed by atoms with van der Waals surface area (Å²) in [7, 11) is 2.77. The highest BCUT2D eigenvalue weighted by Crippen LogP contribution is 2.14. The zero-order chi connectivity index (χ0) is 20.8. The number of benzene rings is 1. The average molecular weight is 395 g/mol. The summed E-state index contributed by atoms with van der Waals surface area (Å²) in [4.78, 5) is 24.6. The molecule has 0 aromatic heterocycles. The predicted octanol–water partition coefficient (Wildman–Crippen LogP) is 3.75. The maximum Gasteiger partial charge on any atom is 0.409 e. The number of amides is 1. The van der Waals surface area contributed by atoms with Crippen LogP contribution in [0, 0.1) is 0 Å². The number of unbranched alkanes of at least 4 members (excludes halogenated alkanes) is 4. The number of ether oxygens (including phenoxy) is 3. The van der Waals surface area contributed by atoms with Crippen LogP contribution in [0.4, 0.5) is 4.79 Å². The number of carbonyl (C=O) groups excluding carboxylic acids is 1. The van der Waals surface area contributed by atoms with Crippen molar-refractivity contribution in [3.63, 3.8) is 0 Å². The summed E-state index contributed by atoms with van der Waals surface area (Å²) in [5.74, 6) is -0.318. The molecule has 1 aromatic carbocycles. The molecular weight excluding hydrogens is 362 g/mol. The van der Waals surface area contributed by atoms with E-state index in [0.717, 1.165) is 18.4 Å². The van der Waals surface area contributed by atoms with Gasteiger partial charge in [0.25, 0.3) is 0 Å². The van der Waals surface area contributed by atoms with E-state index >= 15 is 0 Å². The number of rotatable bonds is 14. The maximum absolute atomic E-state index is 11.9. The number of methoxy groups -OCH3 is 2. The van der Waals surface area contributed by atoms with Crippen molar-refractivity contribution in [3.05, 3.63) is 29.8 Å². The molecule has 1 aromatic rings. The third-order valence-electron chi connectivity index (χ3n) is 4.50.